The van der Waals surface area contributed by atoms with Crippen LogP contribution in [0.1, 0.15) is 13.8 Å². The molecule has 1 radical (unpaired) electrons. The zero-order valence-electron chi connectivity index (χ0n) is 5.35. The molecule has 0 spiro atoms. The van der Waals surface area contributed by atoms with E-state index in [4.69, 9.17) is 9.84 Å². The van der Waals surface area contributed by atoms with E-state index < -0.39 is 12.1 Å². The van der Waals surface area contributed by atoms with Crippen molar-refractivity contribution in [2.24, 2.45) is 0 Å². The molecule has 9 heavy (non-hydrogen) atoms. The zero-order valence-corrected chi connectivity index (χ0v) is 6.83. The number of carboxylic acids is 1. The molecule has 0 aromatic heterocycles. The first kappa shape index (κ1) is 11.9. The molecular weight excluding hydrogens is 216 g/mol. The predicted octanol–water partition coefficient (Wildman–Crippen LogP) is 0.494. The Labute approximate surface area is 69.9 Å². The molecule has 0 amide bonds. The molecule has 0 aromatic rings. The van der Waals surface area contributed by atoms with Crippen LogP contribution in [0.5, 0.6) is 0 Å². The Morgan fingerprint density at radius 1 is 1.78 bits per heavy atom. The van der Waals surface area contributed by atoms with Crippen molar-refractivity contribution in [3.63, 3.8) is 0 Å². The Morgan fingerprint density at radius 3 is 2.33 bits per heavy atom. The van der Waals surface area contributed by atoms with Gasteiger partial charge in [-0.2, -0.15) is 0 Å². The van der Waals surface area contributed by atoms with Gasteiger partial charge in [0.15, 0.2) is 6.10 Å². The number of hydrogen-bond acceptors (Lipinski definition) is 2. The second-order valence-corrected chi connectivity index (χ2v) is 1.44. The first-order valence-electron chi connectivity index (χ1n) is 2.53. The molecule has 0 saturated heterocycles. The molecule has 0 rings (SSSR count). The van der Waals surface area contributed by atoms with Crippen LogP contribution < -0.4 is 0 Å². The van der Waals surface area contributed by atoms with E-state index in [9.17, 15) is 4.79 Å². The van der Waals surface area contributed by atoms with Gasteiger partial charge in [-0.1, -0.05) is 0 Å². The number of carboxylic acid groups (broad SMARTS) is 1. The van der Waals surface area contributed by atoms with Gasteiger partial charge in [-0.15, -0.1) is 0 Å². The fraction of sp³-hybridized carbons (Fsp3) is 0.800. The Bertz CT molecular complexity index is 84.3. The molecule has 0 aliphatic heterocycles. The van der Waals surface area contributed by atoms with Gasteiger partial charge in [0.05, 0.1) is 0 Å². The van der Waals surface area contributed by atoms with Gasteiger partial charge in [-0.25, -0.2) is 4.79 Å². The third-order valence-electron chi connectivity index (χ3n) is 0.764. The summed E-state index contributed by atoms with van der Waals surface area (Å²) in [5, 5.41) is 8.19. The summed E-state index contributed by atoms with van der Waals surface area (Å²) < 4.78 is 4.70. The molecule has 59 valence electrons. The van der Waals surface area contributed by atoms with Crippen LogP contribution in [0.4, 0.5) is 0 Å². The second-order valence-electron chi connectivity index (χ2n) is 1.44. The minimum atomic E-state index is -0.910. The summed E-state index contributed by atoms with van der Waals surface area (Å²) in [6.07, 6.45) is -0.667. The Morgan fingerprint density at radius 2 is 2.22 bits per heavy atom. The van der Waals surface area contributed by atoms with Gasteiger partial charge in [-0.3, -0.25) is 0 Å². The smallest absolute Gasteiger partial charge is 0.332 e. The molecule has 0 heterocycles. The monoisotopic (exact) mass is 225 g/mol. The molecule has 3 nitrogen and oxygen atoms in total. The third-order valence-corrected chi connectivity index (χ3v) is 0.764. The normalized spacial score (nSPS) is 11.8. The van der Waals surface area contributed by atoms with Gasteiger partial charge in [0, 0.05) is 29.0 Å². The van der Waals surface area contributed by atoms with Crippen molar-refractivity contribution < 1.29 is 37.0 Å². The van der Waals surface area contributed by atoms with Gasteiger partial charge < -0.3 is 9.84 Å². The van der Waals surface area contributed by atoms with E-state index in [0.717, 1.165) is 0 Å². The van der Waals surface area contributed by atoms with Crippen molar-refractivity contribution in [3.8, 4) is 0 Å². The summed E-state index contributed by atoms with van der Waals surface area (Å²) in [7, 11) is 0. The van der Waals surface area contributed by atoms with Crippen LogP contribution in [0.15, 0.2) is 0 Å². The SMILES string of the molecule is CCOC(C)C(=O)O.[Ag]. The van der Waals surface area contributed by atoms with Gasteiger partial charge in [-0.05, 0) is 13.8 Å². The van der Waals surface area contributed by atoms with E-state index in [1.165, 1.54) is 6.92 Å². The van der Waals surface area contributed by atoms with Crippen molar-refractivity contribution in [1.29, 1.82) is 0 Å². The summed E-state index contributed by atoms with van der Waals surface area (Å²) in [6.45, 7) is 3.72. The molecule has 0 bridgehead atoms. The van der Waals surface area contributed by atoms with Crippen molar-refractivity contribution in [2.75, 3.05) is 6.61 Å². The third kappa shape index (κ3) is 6.05. The molecule has 1 N–H and O–H groups in total. The number of aliphatic carboxylic acids is 1. The number of carbonyl (C=O) groups is 1. The molecular formula is C5H10AgO3. The molecule has 0 aliphatic carbocycles. The summed E-state index contributed by atoms with van der Waals surface area (Å²) in [5.74, 6) is -0.910. The van der Waals surface area contributed by atoms with Gasteiger partial charge in [0.25, 0.3) is 0 Å². The van der Waals surface area contributed by atoms with E-state index in [-0.39, 0.29) is 22.4 Å². The fourth-order valence-corrected chi connectivity index (χ4v) is 0.321. The summed E-state index contributed by atoms with van der Waals surface area (Å²) in [5.41, 5.74) is 0. The van der Waals surface area contributed by atoms with Crippen LogP contribution in [0.25, 0.3) is 0 Å². The van der Waals surface area contributed by atoms with Crippen LogP contribution in [0, 0.1) is 0 Å². The van der Waals surface area contributed by atoms with Crippen LogP contribution in [0.3, 0.4) is 0 Å². The van der Waals surface area contributed by atoms with Crippen LogP contribution in [0.2, 0.25) is 0 Å². The van der Waals surface area contributed by atoms with Gasteiger partial charge in [0.1, 0.15) is 0 Å². The molecule has 0 saturated carbocycles. The maximum absolute atomic E-state index is 9.96. The molecule has 0 aromatic carbocycles. The first-order chi connectivity index (χ1) is 3.68. The van der Waals surface area contributed by atoms with Crippen LogP contribution in [-0.4, -0.2) is 23.8 Å². The summed E-state index contributed by atoms with van der Waals surface area (Å²) in [4.78, 5) is 9.96. The molecule has 0 fully saturated rings. The van der Waals surface area contributed by atoms with E-state index >= 15 is 0 Å². The average Bonchev–Trinajstić information content (AvgIpc) is 1.67. The molecule has 1 unspecified atom stereocenters. The van der Waals surface area contributed by atoms with Crippen molar-refractivity contribution in [2.45, 2.75) is 20.0 Å². The Balaban J connectivity index is 0. The molecule has 1 atom stereocenters. The minimum absolute atomic E-state index is 0. The number of ether oxygens (including phenoxy) is 1. The van der Waals surface area contributed by atoms with E-state index in [1.54, 1.807) is 6.92 Å². The number of hydrogen-bond donors (Lipinski definition) is 1. The molecule has 4 heteroatoms. The van der Waals surface area contributed by atoms with Crippen LogP contribution >= 0.6 is 0 Å². The minimum Gasteiger partial charge on any atom is -0.479 e. The van der Waals surface area contributed by atoms with E-state index in [1.807, 2.05) is 0 Å². The maximum Gasteiger partial charge on any atom is 0.332 e. The average molecular weight is 226 g/mol. The Hall–Kier alpha value is 0.170. The Kier molecular flexibility index (Phi) is 8.32. The molecule has 0 aliphatic rings. The van der Waals surface area contributed by atoms with Crippen molar-refractivity contribution in [1.82, 2.24) is 0 Å². The van der Waals surface area contributed by atoms with Crippen LogP contribution in [-0.2, 0) is 31.9 Å². The van der Waals surface area contributed by atoms with Gasteiger partial charge in [0.2, 0.25) is 0 Å². The van der Waals surface area contributed by atoms with Crippen molar-refractivity contribution >= 4 is 5.97 Å². The zero-order chi connectivity index (χ0) is 6.57. The second kappa shape index (κ2) is 6.29. The van der Waals surface area contributed by atoms with Gasteiger partial charge >= 0.3 is 5.97 Å². The van der Waals surface area contributed by atoms with E-state index in [2.05, 4.69) is 0 Å². The quantitative estimate of drug-likeness (QED) is 0.712. The maximum atomic E-state index is 9.96. The summed E-state index contributed by atoms with van der Waals surface area (Å²) >= 11 is 0. The standard InChI is InChI=1S/C5H10O3.Ag/c1-3-8-4(2)5(6)7;/h4H,3H2,1-2H3,(H,6,7);. The first-order valence-corrected chi connectivity index (χ1v) is 2.53. The fourth-order valence-electron chi connectivity index (χ4n) is 0.321. The predicted molar refractivity (Wildman–Crippen MR) is 28.7 cm³/mol. The topological polar surface area (TPSA) is 46.5 Å². The number of rotatable bonds is 3. The summed E-state index contributed by atoms with van der Waals surface area (Å²) in [6, 6.07) is 0. The van der Waals surface area contributed by atoms with E-state index in [0.29, 0.717) is 6.61 Å². The largest absolute Gasteiger partial charge is 0.479 e. The van der Waals surface area contributed by atoms with Crippen molar-refractivity contribution in [3.05, 3.63) is 0 Å².